The first-order valence-electron chi connectivity index (χ1n) is 7.76. The molecule has 0 spiro atoms. The van der Waals surface area contributed by atoms with Crippen LogP contribution in [-0.4, -0.2) is 21.5 Å². The van der Waals surface area contributed by atoms with Gasteiger partial charge >= 0.3 is 0 Å². The lowest BCUT2D eigenvalue weighted by atomic mass is 10.1. The highest BCUT2D eigenvalue weighted by atomic mass is 19.1. The SMILES string of the molecule is O=C(N[C@@H]1CCc2nccn2C1)[C@@H]1C[C@@H]1c1cccc(F)c1. The van der Waals surface area contributed by atoms with Crippen LogP contribution in [0.2, 0.25) is 0 Å². The molecule has 1 aliphatic carbocycles. The van der Waals surface area contributed by atoms with E-state index in [9.17, 15) is 9.18 Å². The van der Waals surface area contributed by atoms with Crippen LogP contribution in [0.5, 0.6) is 0 Å². The molecule has 4 nitrogen and oxygen atoms in total. The molecule has 2 heterocycles. The minimum Gasteiger partial charge on any atom is -0.351 e. The number of aryl methyl sites for hydroxylation is 1. The molecule has 1 amide bonds. The first-order valence-corrected chi connectivity index (χ1v) is 7.76. The van der Waals surface area contributed by atoms with Crippen LogP contribution in [0.25, 0.3) is 0 Å². The monoisotopic (exact) mass is 299 g/mol. The summed E-state index contributed by atoms with van der Waals surface area (Å²) in [5.74, 6) is 1.12. The van der Waals surface area contributed by atoms with E-state index >= 15 is 0 Å². The van der Waals surface area contributed by atoms with Crippen LogP contribution in [0.1, 0.15) is 30.1 Å². The van der Waals surface area contributed by atoms with Gasteiger partial charge in [-0.2, -0.15) is 0 Å². The van der Waals surface area contributed by atoms with Gasteiger partial charge < -0.3 is 9.88 Å². The van der Waals surface area contributed by atoms with Crippen molar-refractivity contribution in [1.82, 2.24) is 14.9 Å². The molecule has 3 atom stereocenters. The summed E-state index contributed by atoms with van der Waals surface area (Å²) < 4.78 is 15.4. The summed E-state index contributed by atoms with van der Waals surface area (Å²) >= 11 is 0. The number of carbonyl (C=O) groups excluding carboxylic acids is 1. The molecule has 1 fully saturated rings. The lowest BCUT2D eigenvalue weighted by Crippen LogP contribution is -2.41. The summed E-state index contributed by atoms with van der Waals surface area (Å²) in [5.41, 5.74) is 0.931. The van der Waals surface area contributed by atoms with Crippen LogP contribution < -0.4 is 5.32 Å². The lowest BCUT2D eigenvalue weighted by molar-refractivity contribution is -0.123. The van der Waals surface area contributed by atoms with Crippen molar-refractivity contribution in [2.24, 2.45) is 5.92 Å². The molecular weight excluding hydrogens is 281 g/mol. The lowest BCUT2D eigenvalue weighted by Gasteiger charge is -2.24. The van der Waals surface area contributed by atoms with Gasteiger partial charge in [-0.05, 0) is 36.5 Å². The summed E-state index contributed by atoms with van der Waals surface area (Å²) in [6.07, 6.45) is 6.41. The third-order valence-corrected chi connectivity index (χ3v) is 4.69. The van der Waals surface area contributed by atoms with Gasteiger partial charge in [-0.1, -0.05) is 12.1 Å². The number of nitrogens with one attached hydrogen (secondary N) is 1. The zero-order valence-electron chi connectivity index (χ0n) is 12.2. The Morgan fingerprint density at radius 1 is 1.41 bits per heavy atom. The summed E-state index contributed by atoms with van der Waals surface area (Å²) in [4.78, 5) is 16.7. The molecule has 22 heavy (non-hydrogen) atoms. The first-order chi connectivity index (χ1) is 10.7. The van der Waals surface area contributed by atoms with E-state index in [2.05, 4.69) is 14.9 Å². The number of rotatable bonds is 3. The van der Waals surface area contributed by atoms with Crippen molar-refractivity contribution in [3.8, 4) is 0 Å². The predicted molar refractivity (Wildman–Crippen MR) is 79.7 cm³/mol. The van der Waals surface area contributed by atoms with Crippen LogP contribution in [0.3, 0.4) is 0 Å². The van der Waals surface area contributed by atoms with E-state index in [-0.39, 0.29) is 29.6 Å². The Morgan fingerprint density at radius 2 is 2.32 bits per heavy atom. The Hall–Kier alpha value is -2.17. The summed E-state index contributed by atoms with van der Waals surface area (Å²) in [5, 5.41) is 3.14. The minimum absolute atomic E-state index is 0.00835. The fourth-order valence-electron chi connectivity index (χ4n) is 3.38. The summed E-state index contributed by atoms with van der Waals surface area (Å²) in [7, 11) is 0. The maximum Gasteiger partial charge on any atom is 0.224 e. The van der Waals surface area contributed by atoms with E-state index in [1.807, 2.05) is 12.3 Å². The van der Waals surface area contributed by atoms with Gasteiger partial charge in [-0.15, -0.1) is 0 Å². The Kier molecular flexibility index (Phi) is 3.21. The molecule has 5 heteroatoms. The van der Waals surface area contributed by atoms with E-state index in [1.165, 1.54) is 12.1 Å². The molecule has 2 aromatic rings. The van der Waals surface area contributed by atoms with Gasteiger partial charge in [0.2, 0.25) is 5.91 Å². The van der Waals surface area contributed by atoms with Crippen LogP contribution in [-0.2, 0) is 17.8 Å². The molecule has 0 unspecified atom stereocenters. The molecule has 1 aliphatic heterocycles. The molecule has 0 radical (unpaired) electrons. The molecule has 1 aromatic carbocycles. The number of amides is 1. The maximum atomic E-state index is 13.3. The van der Waals surface area contributed by atoms with Gasteiger partial charge in [0, 0.05) is 37.3 Å². The first kappa shape index (κ1) is 13.5. The van der Waals surface area contributed by atoms with Gasteiger partial charge in [-0.25, -0.2) is 9.37 Å². The van der Waals surface area contributed by atoms with Gasteiger partial charge in [-0.3, -0.25) is 4.79 Å². The Morgan fingerprint density at radius 3 is 3.18 bits per heavy atom. The Balaban J connectivity index is 1.36. The third-order valence-electron chi connectivity index (χ3n) is 4.69. The zero-order valence-corrected chi connectivity index (χ0v) is 12.2. The Labute approximate surface area is 128 Å². The van der Waals surface area contributed by atoms with Crippen molar-refractivity contribution in [3.05, 3.63) is 53.9 Å². The fourth-order valence-corrected chi connectivity index (χ4v) is 3.38. The highest BCUT2D eigenvalue weighted by Crippen LogP contribution is 2.47. The van der Waals surface area contributed by atoms with Crippen molar-refractivity contribution in [2.75, 3.05) is 0 Å². The summed E-state index contributed by atoms with van der Waals surface area (Å²) in [6.45, 7) is 0.790. The van der Waals surface area contributed by atoms with Crippen LogP contribution in [0, 0.1) is 11.7 Å². The topological polar surface area (TPSA) is 46.9 Å². The van der Waals surface area contributed by atoms with E-state index in [0.29, 0.717) is 0 Å². The maximum absolute atomic E-state index is 13.3. The number of imidazole rings is 1. The second-order valence-electron chi connectivity index (χ2n) is 6.24. The average Bonchev–Trinajstić information content (AvgIpc) is 3.18. The molecule has 1 N–H and O–H groups in total. The zero-order chi connectivity index (χ0) is 15.1. The van der Waals surface area contributed by atoms with Crippen molar-refractivity contribution >= 4 is 5.91 Å². The van der Waals surface area contributed by atoms with Gasteiger partial charge in [0.25, 0.3) is 0 Å². The number of aromatic nitrogens is 2. The second-order valence-corrected chi connectivity index (χ2v) is 6.24. The van der Waals surface area contributed by atoms with Crippen molar-refractivity contribution in [1.29, 1.82) is 0 Å². The number of fused-ring (bicyclic) bond motifs is 1. The third kappa shape index (κ3) is 2.51. The number of nitrogens with zero attached hydrogens (tertiary/aromatic N) is 2. The van der Waals surface area contributed by atoms with Gasteiger partial charge in [0.15, 0.2) is 0 Å². The molecule has 4 rings (SSSR count). The number of benzene rings is 1. The normalized spacial score (nSPS) is 26.3. The van der Waals surface area contributed by atoms with Gasteiger partial charge in [0.1, 0.15) is 11.6 Å². The summed E-state index contributed by atoms with van der Waals surface area (Å²) in [6, 6.07) is 6.75. The average molecular weight is 299 g/mol. The standard InChI is InChI=1S/C17H18FN3O/c18-12-3-1-2-11(8-12)14-9-15(14)17(22)20-13-4-5-16-19-6-7-21(16)10-13/h1-3,6-8,13-15H,4-5,9-10H2,(H,20,22)/t13-,14-,15-/m1/s1. The fraction of sp³-hybridized carbons (Fsp3) is 0.412. The number of halogens is 1. The highest BCUT2D eigenvalue weighted by molar-refractivity contribution is 5.83. The van der Waals surface area contributed by atoms with Crippen molar-refractivity contribution < 1.29 is 9.18 Å². The molecule has 114 valence electrons. The van der Waals surface area contributed by atoms with E-state index in [4.69, 9.17) is 0 Å². The van der Waals surface area contributed by atoms with Crippen LogP contribution in [0.15, 0.2) is 36.7 Å². The van der Waals surface area contributed by atoms with Crippen molar-refractivity contribution in [3.63, 3.8) is 0 Å². The largest absolute Gasteiger partial charge is 0.351 e. The Bertz CT molecular complexity index is 711. The molecule has 2 aliphatic rings. The highest BCUT2D eigenvalue weighted by Gasteiger charge is 2.44. The molecule has 0 bridgehead atoms. The van der Waals surface area contributed by atoms with Crippen molar-refractivity contribution in [2.45, 2.75) is 37.8 Å². The van der Waals surface area contributed by atoms with E-state index < -0.39 is 0 Å². The molecule has 0 saturated heterocycles. The van der Waals surface area contributed by atoms with E-state index in [1.54, 1.807) is 12.3 Å². The quantitative estimate of drug-likeness (QED) is 0.945. The number of hydrogen-bond donors (Lipinski definition) is 1. The molecule has 1 aromatic heterocycles. The molecular formula is C17H18FN3O. The van der Waals surface area contributed by atoms with Crippen LogP contribution >= 0.6 is 0 Å². The molecule has 1 saturated carbocycles. The smallest absolute Gasteiger partial charge is 0.224 e. The van der Waals surface area contributed by atoms with Gasteiger partial charge in [0.05, 0.1) is 0 Å². The minimum atomic E-state index is -0.233. The van der Waals surface area contributed by atoms with Crippen LogP contribution in [0.4, 0.5) is 4.39 Å². The number of carbonyl (C=O) groups is 1. The predicted octanol–water partition coefficient (Wildman–Crippen LogP) is 2.26. The second kappa shape index (κ2) is 5.23. The van der Waals surface area contributed by atoms with E-state index in [0.717, 1.165) is 37.2 Å². The number of hydrogen-bond acceptors (Lipinski definition) is 2.